The molecular weight excluding hydrogens is 272 g/mol. The number of aryl methyl sites for hydroxylation is 2. The molecule has 0 amide bonds. The normalized spacial score (nSPS) is 11.1. The van der Waals surface area contributed by atoms with E-state index in [0.29, 0.717) is 0 Å². The number of rotatable bonds is 7. The molecule has 0 N–H and O–H groups in total. The first kappa shape index (κ1) is 14.8. The SMILES string of the molecule is CCOCCn1c(CCc2ccccc2)nc2ccccc21. The zero-order valence-electron chi connectivity index (χ0n) is 13.0. The lowest BCUT2D eigenvalue weighted by Gasteiger charge is -2.09. The smallest absolute Gasteiger partial charge is 0.110 e. The van der Waals surface area contributed by atoms with Crippen molar-refractivity contribution in [3.63, 3.8) is 0 Å². The van der Waals surface area contributed by atoms with Crippen LogP contribution in [0.3, 0.4) is 0 Å². The second kappa shape index (κ2) is 7.23. The molecule has 0 fully saturated rings. The van der Waals surface area contributed by atoms with Crippen molar-refractivity contribution in [2.45, 2.75) is 26.3 Å². The van der Waals surface area contributed by atoms with Gasteiger partial charge in [-0.25, -0.2) is 4.98 Å². The first-order chi connectivity index (χ1) is 10.9. The Morgan fingerprint density at radius 2 is 1.73 bits per heavy atom. The molecule has 22 heavy (non-hydrogen) atoms. The highest BCUT2D eigenvalue weighted by atomic mass is 16.5. The number of fused-ring (bicyclic) bond motifs is 1. The third-order valence-electron chi connectivity index (χ3n) is 3.88. The van der Waals surface area contributed by atoms with E-state index in [1.165, 1.54) is 11.1 Å². The van der Waals surface area contributed by atoms with Crippen molar-refractivity contribution in [1.29, 1.82) is 0 Å². The van der Waals surface area contributed by atoms with Crippen molar-refractivity contribution >= 4 is 11.0 Å². The molecule has 0 saturated heterocycles. The summed E-state index contributed by atoms with van der Waals surface area (Å²) in [5, 5.41) is 0. The van der Waals surface area contributed by atoms with E-state index in [2.05, 4.69) is 53.1 Å². The third-order valence-corrected chi connectivity index (χ3v) is 3.88. The molecule has 3 rings (SSSR count). The van der Waals surface area contributed by atoms with Gasteiger partial charge in [-0.2, -0.15) is 0 Å². The first-order valence-corrected chi connectivity index (χ1v) is 7.94. The minimum absolute atomic E-state index is 0.731. The standard InChI is InChI=1S/C19H22N2O/c1-2-22-15-14-21-18-11-7-6-10-17(18)20-19(21)13-12-16-8-4-3-5-9-16/h3-11H,2,12-15H2,1H3. The average Bonchev–Trinajstić information content (AvgIpc) is 2.92. The molecule has 1 heterocycles. The topological polar surface area (TPSA) is 27.1 Å². The van der Waals surface area contributed by atoms with Gasteiger partial charge in [-0.3, -0.25) is 0 Å². The highest BCUT2D eigenvalue weighted by Gasteiger charge is 2.10. The molecule has 0 aliphatic rings. The van der Waals surface area contributed by atoms with Crippen molar-refractivity contribution < 1.29 is 4.74 Å². The second-order valence-corrected chi connectivity index (χ2v) is 5.35. The van der Waals surface area contributed by atoms with E-state index in [-0.39, 0.29) is 0 Å². The fourth-order valence-corrected chi connectivity index (χ4v) is 2.77. The molecule has 0 spiro atoms. The molecule has 0 aliphatic carbocycles. The van der Waals surface area contributed by atoms with E-state index < -0.39 is 0 Å². The summed E-state index contributed by atoms with van der Waals surface area (Å²) in [5.41, 5.74) is 3.62. The van der Waals surface area contributed by atoms with Crippen molar-refractivity contribution in [2.24, 2.45) is 0 Å². The van der Waals surface area contributed by atoms with Gasteiger partial charge in [0.15, 0.2) is 0 Å². The summed E-state index contributed by atoms with van der Waals surface area (Å²) < 4.78 is 7.82. The molecule has 0 radical (unpaired) electrons. The van der Waals surface area contributed by atoms with Crippen LogP contribution in [0.1, 0.15) is 18.3 Å². The Morgan fingerprint density at radius 1 is 0.955 bits per heavy atom. The van der Waals surface area contributed by atoms with Crippen LogP contribution < -0.4 is 0 Å². The molecule has 3 nitrogen and oxygen atoms in total. The predicted molar refractivity (Wildman–Crippen MR) is 90.1 cm³/mol. The van der Waals surface area contributed by atoms with Gasteiger partial charge in [0, 0.05) is 19.6 Å². The average molecular weight is 294 g/mol. The van der Waals surface area contributed by atoms with Crippen LogP contribution in [0, 0.1) is 0 Å². The molecule has 0 unspecified atom stereocenters. The monoisotopic (exact) mass is 294 g/mol. The van der Waals surface area contributed by atoms with Gasteiger partial charge >= 0.3 is 0 Å². The van der Waals surface area contributed by atoms with E-state index in [1.54, 1.807) is 0 Å². The second-order valence-electron chi connectivity index (χ2n) is 5.35. The van der Waals surface area contributed by atoms with Crippen LogP contribution in [0.2, 0.25) is 0 Å². The van der Waals surface area contributed by atoms with E-state index in [4.69, 9.17) is 9.72 Å². The Hall–Kier alpha value is -2.13. The summed E-state index contributed by atoms with van der Waals surface area (Å²) in [6.45, 7) is 4.38. The lowest BCUT2D eigenvalue weighted by molar-refractivity contribution is 0.139. The zero-order chi connectivity index (χ0) is 15.2. The van der Waals surface area contributed by atoms with Crippen molar-refractivity contribution in [1.82, 2.24) is 9.55 Å². The van der Waals surface area contributed by atoms with E-state index >= 15 is 0 Å². The summed E-state index contributed by atoms with van der Waals surface area (Å²) in [6.07, 6.45) is 1.96. The van der Waals surface area contributed by atoms with Crippen LogP contribution in [0.25, 0.3) is 11.0 Å². The lowest BCUT2D eigenvalue weighted by atomic mass is 10.1. The molecule has 0 atom stereocenters. The number of ether oxygens (including phenoxy) is 1. The van der Waals surface area contributed by atoms with Gasteiger partial charge in [0.1, 0.15) is 5.82 Å². The number of para-hydroxylation sites is 2. The maximum absolute atomic E-state index is 5.52. The summed E-state index contributed by atoms with van der Waals surface area (Å²) in [6, 6.07) is 18.9. The van der Waals surface area contributed by atoms with Gasteiger partial charge in [0.25, 0.3) is 0 Å². The molecule has 3 aromatic rings. The maximum Gasteiger partial charge on any atom is 0.110 e. The molecule has 0 aliphatic heterocycles. The Kier molecular flexibility index (Phi) is 4.86. The quantitative estimate of drug-likeness (QED) is 0.619. The van der Waals surface area contributed by atoms with Crippen LogP contribution in [0.5, 0.6) is 0 Å². The number of nitrogens with zero attached hydrogens (tertiary/aromatic N) is 2. The van der Waals surface area contributed by atoms with E-state index in [0.717, 1.165) is 43.9 Å². The Bertz CT molecular complexity index is 719. The highest BCUT2D eigenvalue weighted by molar-refractivity contribution is 5.75. The minimum Gasteiger partial charge on any atom is -0.380 e. The molecule has 3 heteroatoms. The van der Waals surface area contributed by atoms with Gasteiger partial charge in [-0.15, -0.1) is 0 Å². The van der Waals surface area contributed by atoms with Crippen LogP contribution in [0.4, 0.5) is 0 Å². The van der Waals surface area contributed by atoms with Crippen LogP contribution >= 0.6 is 0 Å². The highest BCUT2D eigenvalue weighted by Crippen LogP contribution is 2.17. The Labute approximate surface area is 131 Å². The number of hydrogen-bond donors (Lipinski definition) is 0. The van der Waals surface area contributed by atoms with E-state index in [1.807, 2.05) is 13.0 Å². The predicted octanol–water partition coefficient (Wildman–Crippen LogP) is 3.86. The summed E-state index contributed by atoms with van der Waals surface area (Å²) in [4.78, 5) is 4.81. The van der Waals surface area contributed by atoms with Gasteiger partial charge in [0.05, 0.1) is 17.6 Å². The third kappa shape index (κ3) is 3.37. The van der Waals surface area contributed by atoms with Gasteiger partial charge < -0.3 is 9.30 Å². The van der Waals surface area contributed by atoms with Crippen molar-refractivity contribution in [3.05, 3.63) is 66.0 Å². The van der Waals surface area contributed by atoms with Crippen molar-refractivity contribution in [3.8, 4) is 0 Å². The Morgan fingerprint density at radius 3 is 2.55 bits per heavy atom. The van der Waals surface area contributed by atoms with E-state index in [9.17, 15) is 0 Å². The molecule has 1 aromatic heterocycles. The molecule has 114 valence electrons. The summed E-state index contributed by atoms with van der Waals surface area (Å²) in [5.74, 6) is 1.14. The lowest BCUT2D eigenvalue weighted by Crippen LogP contribution is -2.10. The summed E-state index contributed by atoms with van der Waals surface area (Å²) >= 11 is 0. The van der Waals surface area contributed by atoms with Crippen LogP contribution in [-0.4, -0.2) is 22.8 Å². The number of benzene rings is 2. The first-order valence-electron chi connectivity index (χ1n) is 7.94. The maximum atomic E-state index is 5.52. The Balaban J connectivity index is 1.82. The van der Waals surface area contributed by atoms with Gasteiger partial charge in [-0.1, -0.05) is 42.5 Å². The van der Waals surface area contributed by atoms with Gasteiger partial charge in [0.2, 0.25) is 0 Å². The molecule has 2 aromatic carbocycles. The summed E-state index contributed by atoms with van der Waals surface area (Å²) in [7, 11) is 0. The molecular formula is C19H22N2O. The van der Waals surface area contributed by atoms with Gasteiger partial charge in [-0.05, 0) is 31.0 Å². The van der Waals surface area contributed by atoms with Crippen molar-refractivity contribution in [2.75, 3.05) is 13.2 Å². The number of aromatic nitrogens is 2. The van der Waals surface area contributed by atoms with Crippen LogP contribution in [-0.2, 0) is 24.1 Å². The van der Waals surface area contributed by atoms with Crippen LogP contribution in [0.15, 0.2) is 54.6 Å². The fraction of sp³-hybridized carbons (Fsp3) is 0.316. The largest absolute Gasteiger partial charge is 0.380 e. The molecule has 0 bridgehead atoms. The number of hydrogen-bond acceptors (Lipinski definition) is 2. The minimum atomic E-state index is 0.731. The molecule has 0 saturated carbocycles. The zero-order valence-corrected chi connectivity index (χ0v) is 13.0. The number of imidazole rings is 1. The fourth-order valence-electron chi connectivity index (χ4n) is 2.77.